The second-order valence-corrected chi connectivity index (χ2v) is 5.67. The fourth-order valence-electron chi connectivity index (χ4n) is 2.08. The van der Waals surface area contributed by atoms with Crippen molar-refractivity contribution in [1.29, 1.82) is 0 Å². The first-order valence-corrected chi connectivity index (χ1v) is 7.74. The van der Waals surface area contributed by atoms with Gasteiger partial charge in [0.1, 0.15) is 6.26 Å². The van der Waals surface area contributed by atoms with Gasteiger partial charge in [0.05, 0.1) is 5.69 Å². The van der Waals surface area contributed by atoms with Crippen LogP contribution in [-0.2, 0) is 13.1 Å². The number of thiophene rings is 1. The zero-order valence-electron chi connectivity index (χ0n) is 11.1. The number of nitrogens with zero attached hydrogens (tertiary/aromatic N) is 2. The molecule has 1 aliphatic carbocycles. The van der Waals surface area contributed by atoms with Gasteiger partial charge in [-0.1, -0.05) is 6.92 Å². The van der Waals surface area contributed by atoms with Crippen molar-refractivity contribution in [2.24, 2.45) is 0 Å². The van der Waals surface area contributed by atoms with Crippen LogP contribution in [0.5, 0.6) is 0 Å². The molecule has 1 saturated carbocycles. The van der Waals surface area contributed by atoms with Crippen LogP contribution >= 0.6 is 11.3 Å². The second kappa shape index (κ2) is 5.75. The molecule has 0 aliphatic heterocycles. The predicted octanol–water partition coefficient (Wildman–Crippen LogP) is 3.01. The van der Waals surface area contributed by atoms with Crippen molar-refractivity contribution in [3.8, 4) is 0 Å². The number of nitrogens with one attached hydrogen (secondary N) is 1. The number of anilines is 1. The van der Waals surface area contributed by atoms with E-state index < -0.39 is 0 Å². The minimum absolute atomic E-state index is 0.602. The van der Waals surface area contributed by atoms with E-state index in [9.17, 15) is 0 Å². The van der Waals surface area contributed by atoms with Crippen molar-refractivity contribution in [1.82, 2.24) is 10.3 Å². The van der Waals surface area contributed by atoms with Gasteiger partial charge in [-0.05, 0) is 41.8 Å². The van der Waals surface area contributed by atoms with Crippen molar-refractivity contribution in [3.63, 3.8) is 0 Å². The summed E-state index contributed by atoms with van der Waals surface area (Å²) >= 11 is 1.74. The van der Waals surface area contributed by atoms with Crippen LogP contribution in [0, 0.1) is 0 Å². The quantitative estimate of drug-likeness (QED) is 0.844. The molecule has 1 fully saturated rings. The zero-order chi connectivity index (χ0) is 13.1. The maximum absolute atomic E-state index is 5.65. The molecule has 4 nitrogen and oxygen atoms in total. The van der Waals surface area contributed by atoms with Gasteiger partial charge < -0.3 is 14.6 Å². The summed E-state index contributed by atoms with van der Waals surface area (Å²) < 4.78 is 5.65. The molecule has 0 aromatic carbocycles. The van der Waals surface area contributed by atoms with Crippen LogP contribution in [0.3, 0.4) is 0 Å². The van der Waals surface area contributed by atoms with E-state index in [0.717, 1.165) is 31.3 Å². The molecule has 2 heterocycles. The third kappa shape index (κ3) is 3.16. The van der Waals surface area contributed by atoms with Gasteiger partial charge in [0.15, 0.2) is 0 Å². The van der Waals surface area contributed by atoms with Gasteiger partial charge in [0.2, 0.25) is 0 Å². The maximum Gasteiger partial charge on any atom is 0.298 e. The molecule has 1 aliphatic rings. The molecule has 0 atom stereocenters. The van der Waals surface area contributed by atoms with Gasteiger partial charge in [-0.15, -0.1) is 0 Å². The Kier molecular flexibility index (Phi) is 3.84. The molecule has 19 heavy (non-hydrogen) atoms. The standard InChI is InChI=1S/C14H19N3OS/c1-2-15-7-12-9-18-14(16-12)17(13-3-4-13)8-11-5-6-19-10-11/h5-6,9-10,13,15H,2-4,7-8H2,1H3. The SMILES string of the molecule is CCNCc1coc(N(Cc2ccsc2)C2CC2)n1. The Labute approximate surface area is 117 Å². The summed E-state index contributed by atoms with van der Waals surface area (Å²) in [5.74, 6) is 0. The highest BCUT2D eigenvalue weighted by molar-refractivity contribution is 7.07. The number of aromatic nitrogens is 1. The first-order valence-electron chi connectivity index (χ1n) is 6.79. The second-order valence-electron chi connectivity index (χ2n) is 4.89. The average Bonchev–Trinajstić information content (AvgIpc) is 2.94. The van der Waals surface area contributed by atoms with E-state index in [1.807, 2.05) is 0 Å². The lowest BCUT2D eigenvalue weighted by molar-refractivity contribution is 0.528. The first-order chi connectivity index (χ1) is 9.36. The molecule has 1 N–H and O–H groups in total. The van der Waals surface area contributed by atoms with Crippen molar-refractivity contribution in [2.45, 2.75) is 38.9 Å². The molecular formula is C14H19N3OS. The highest BCUT2D eigenvalue weighted by atomic mass is 32.1. The fraction of sp³-hybridized carbons (Fsp3) is 0.500. The summed E-state index contributed by atoms with van der Waals surface area (Å²) in [6.45, 7) is 4.71. The van der Waals surface area contributed by atoms with Crippen LogP contribution in [0.15, 0.2) is 27.5 Å². The van der Waals surface area contributed by atoms with Crippen molar-refractivity contribution < 1.29 is 4.42 Å². The summed E-state index contributed by atoms with van der Waals surface area (Å²) in [5.41, 5.74) is 2.32. The average molecular weight is 277 g/mol. The van der Waals surface area contributed by atoms with E-state index in [0.29, 0.717) is 6.04 Å². The third-order valence-electron chi connectivity index (χ3n) is 3.26. The van der Waals surface area contributed by atoms with Crippen LogP contribution < -0.4 is 10.2 Å². The molecular weight excluding hydrogens is 258 g/mol. The number of hydrogen-bond donors (Lipinski definition) is 1. The Bertz CT molecular complexity index is 505. The molecule has 0 bridgehead atoms. The highest BCUT2D eigenvalue weighted by Gasteiger charge is 2.32. The van der Waals surface area contributed by atoms with E-state index in [2.05, 4.69) is 39.0 Å². The minimum atomic E-state index is 0.602. The minimum Gasteiger partial charge on any atom is -0.432 e. The van der Waals surface area contributed by atoms with Crippen LogP contribution in [0.2, 0.25) is 0 Å². The van der Waals surface area contributed by atoms with Gasteiger partial charge in [0, 0.05) is 19.1 Å². The third-order valence-corrected chi connectivity index (χ3v) is 3.99. The monoisotopic (exact) mass is 277 g/mol. The summed E-state index contributed by atoms with van der Waals surface area (Å²) in [4.78, 5) is 6.88. The largest absolute Gasteiger partial charge is 0.432 e. The topological polar surface area (TPSA) is 41.3 Å². The van der Waals surface area contributed by atoms with Gasteiger partial charge in [-0.25, -0.2) is 0 Å². The zero-order valence-corrected chi connectivity index (χ0v) is 11.9. The lowest BCUT2D eigenvalue weighted by Gasteiger charge is -2.19. The predicted molar refractivity (Wildman–Crippen MR) is 77.4 cm³/mol. The summed E-state index contributed by atoms with van der Waals surface area (Å²) in [6, 6.07) is 3.54. The van der Waals surface area contributed by atoms with Crippen LogP contribution in [0.1, 0.15) is 31.0 Å². The van der Waals surface area contributed by atoms with E-state index in [-0.39, 0.29) is 0 Å². The lowest BCUT2D eigenvalue weighted by Crippen LogP contribution is -2.25. The normalized spacial score (nSPS) is 14.8. The van der Waals surface area contributed by atoms with Crippen molar-refractivity contribution >= 4 is 17.4 Å². The van der Waals surface area contributed by atoms with Crippen LogP contribution in [-0.4, -0.2) is 17.6 Å². The van der Waals surface area contributed by atoms with E-state index in [1.165, 1.54) is 18.4 Å². The van der Waals surface area contributed by atoms with E-state index in [1.54, 1.807) is 17.6 Å². The molecule has 0 unspecified atom stereocenters. The molecule has 102 valence electrons. The molecule has 0 spiro atoms. The van der Waals surface area contributed by atoms with Gasteiger partial charge in [-0.3, -0.25) is 0 Å². The molecule has 3 rings (SSSR count). The van der Waals surface area contributed by atoms with Crippen molar-refractivity contribution in [3.05, 3.63) is 34.3 Å². The van der Waals surface area contributed by atoms with Crippen LogP contribution in [0.25, 0.3) is 0 Å². The van der Waals surface area contributed by atoms with Crippen LogP contribution in [0.4, 0.5) is 6.01 Å². The van der Waals surface area contributed by atoms with Crippen molar-refractivity contribution in [2.75, 3.05) is 11.4 Å². The number of oxazole rings is 1. The number of rotatable bonds is 7. The van der Waals surface area contributed by atoms with Gasteiger partial charge in [-0.2, -0.15) is 16.3 Å². The Morgan fingerprint density at radius 1 is 1.53 bits per heavy atom. The Morgan fingerprint density at radius 3 is 3.11 bits per heavy atom. The lowest BCUT2D eigenvalue weighted by atomic mass is 10.3. The molecule has 2 aromatic heterocycles. The summed E-state index contributed by atoms with van der Waals surface area (Å²) in [5, 5.41) is 7.58. The Balaban J connectivity index is 1.70. The molecule has 0 saturated heterocycles. The Hall–Kier alpha value is -1.33. The van der Waals surface area contributed by atoms with E-state index in [4.69, 9.17) is 4.42 Å². The summed E-state index contributed by atoms with van der Waals surface area (Å²) in [6.07, 6.45) is 4.26. The molecule has 5 heteroatoms. The highest BCUT2D eigenvalue weighted by Crippen LogP contribution is 2.32. The molecule has 0 amide bonds. The first kappa shape index (κ1) is 12.7. The van der Waals surface area contributed by atoms with Gasteiger partial charge >= 0.3 is 0 Å². The van der Waals surface area contributed by atoms with Gasteiger partial charge in [0.25, 0.3) is 6.01 Å². The fourth-order valence-corrected chi connectivity index (χ4v) is 2.74. The smallest absolute Gasteiger partial charge is 0.298 e. The summed E-state index contributed by atoms with van der Waals surface area (Å²) in [7, 11) is 0. The number of hydrogen-bond acceptors (Lipinski definition) is 5. The molecule has 0 radical (unpaired) electrons. The molecule has 2 aromatic rings. The maximum atomic E-state index is 5.65. The van der Waals surface area contributed by atoms with E-state index >= 15 is 0 Å². The Morgan fingerprint density at radius 2 is 2.42 bits per heavy atom.